The third kappa shape index (κ3) is 8.60. The van der Waals surface area contributed by atoms with E-state index in [-0.39, 0.29) is 0 Å². The lowest BCUT2D eigenvalue weighted by molar-refractivity contribution is -0.624. The van der Waals surface area contributed by atoms with Crippen LogP contribution in [0.15, 0.2) is 0 Å². The summed E-state index contributed by atoms with van der Waals surface area (Å²) < 4.78 is 25.1. The Hall–Kier alpha value is 0.600. The predicted molar refractivity (Wildman–Crippen MR) is 33.4 cm³/mol. The first-order valence-electron chi connectivity index (χ1n) is 1.58. The van der Waals surface area contributed by atoms with Crippen molar-refractivity contribution in [1.82, 2.24) is 5.64 Å². The van der Waals surface area contributed by atoms with Crippen LogP contribution in [0.25, 0.3) is 0 Å². The second kappa shape index (κ2) is 7.70. The fourth-order valence-corrected chi connectivity index (χ4v) is 0.227. The highest BCUT2D eigenvalue weighted by atomic mass is 127. The van der Waals surface area contributed by atoms with E-state index in [4.69, 9.17) is 4.55 Å². The summed E-state index contributed by atoms with van der Waals surface area (Å²) in [4.78, 5) is 3.71. The van der Waals surface area contributed by atoms with E-state index in [0.717, 1.165) is 0 Å². The molecule has 0 aromatic carbocycles. The van der Waals surface area contributed by atoms with Crippen LogP contribution in [0.4, 0.5) is 0 Å². The molecule has 2 N–H and O–H groups in total. The van der Waals surface area contributed by atoms with Crippen molar-refractivity contribution >= 4 is 34.4 Å². The van der Waals surface area contributed by atoms with Crippen molar-refractivity contribution in [2.24, 2.45) is 0 Å². The first kappa shape index (κ1) is 10.6. The molecule has 10 heavy (non-hydrogen) atoms. The Labute approximate surface area is 71.6 Å². The summed E-state index contributed by atoms with van der Waals surface area (Å²) in [5, 5.41) is 7.28. The van der Waals surface area contributed by atoms with Gasteiger partial charge in [-0.15, -0.1) is 7.50 Å². The maximum Gasteiger partial charge on any atom is 0.321 e. The second-order valence-electron chi connectivity index (χ2n) is 0.666. The lowest BCUT2D eigenvalue weighted by atomic mass is 13.2. The highest BCUT2D eigenvalue weighted by molar-refractivity contribution is 14.1. The van der Waals surface area contributed by atoms with Crippen LogP contribution >= 0.6 is 23.0 Å². The minimum absolute atomic E-state index is 1.35. The largest absolute Gasteiger partial charge is 0.321 e. The summed E-state index contributed by atoms with van der Waals surface area (Å²) in [5.41, 5.74) is 1.44. The van der Waals surface area contributed by atoms with Crippen LogP contribution in [-0.4, -0.2) is 8.76 Å². The van der Waals surface area contributed by atoms with Crippen LogP contribution < -0.4 is 5.64 Å². The van der Waals surface area contributed by atoms with Gasteiger partial charge in [-0.3, -0.25) is 4.55 Å². The van der Waals surface area contributed by atoms with Crippen LogP contribution in [0.3, 0.4) is 0 Å². The van der Waals surface area contributed by atoms with E-state index in [0.29, 0.717) is 0 Å². The standard InChI is InChI=1S/H2INO7S/c1-5-8-9-6-2-7-10(3)4/h2H,(H,3,4). The summed E-state index contributed by atoms with van der Waals surface area (Å²) in [6.07, 6.45) is 0. The molecule has 10 heteroatoms. The zero-order chi connectivity index (χ0) is 7.82. The van der Waals surface area contributed by atoms with Gasteiger partial charge in [0.1, 0.15) is 0 Å². The zero-order valence-electron chi connectivity index (χ0n) is 4.18. The third-order valence-corrected chi connectivity index (χ3v) is 0.584. The van der Waals surface area contributed by atoms with E-state index < -0.39 is 11.4 Å². The van der Waals surface area contributed by atoms with E-state index in [1.165, 1.54) is 28.6 Å². The molecule has 0 spiro atoms. The molecule has 0 aromatic heterocycles. The van der Waals surface area contributed by atoms with E-state index in [9.17, 15) is 4.21 Å². The average Bonchev–Trinajstić information content (AvgIpc) is 1.87. The smallest absolute Gasteiger partial charge is 0.283 e. The van der Waals surface area contributed by atoms with Gasteiger partial charge in [0.2, 0.25) is 0 Å². The molecule has 0 bridgehead atoms. The molecule has 0 aliphatic carbocycles. The maximum atomic E-state index is 9.65. The van der Waals surface area contributed by atoms with Gasteiger partial charge < -0.3 is 0 Å². The van der Waals surface area contributed by atoms with Crippen LogP contribution in [0.2, 0.25) is 0 Å². The second-order valence-corrected chi connectivity index (χ2v) is 1.63. The van der Waals surface area contributed by atoms with Gasteiger partial charge in [0, 0.05) is 0 Å². The van der Waals surface area contributed by atoms with E-state index in [1.807, 2.05) is 0 Å². The van der Waals surface area contributed by atoms with Gasteiger partial charge in [-0.25, -0.2) is 0 Å². The molecule has 0 fully saturated rings. The predicted octanol–water partition coefficient (Wildman–Crippen LogP) is -0.279. The maximum absolute atomic E-state index is 9.65. The molecular weight excluding hydrogens is 285 g/mol. The molecular formula is H2INO7S. The molecule has 0 saturated carbocycles. The summed E-state index contributed by atoms with van der Waals surface area (Å²) in [6.45, 7) is 0. The Kier molecular flexibility index (Phi) is 8.17. The highest BCUT2D eigenvalue weighted by Crippen LogP contribution is 1.87. The van der Waals surface area contributed by atoms with Gasteiger partial charge in [0.05, 0.1) is 0 Å². The van der Waals surface area contributed by atoms with Crippen LogP contribution in [0, 0.1) is 0 Å². The van der Waals surface area contributed by atoms with Gasteiger partial charge in [-0.05, 0) is 15.7 Å². The topological polar surface area (TPSA) is 95.5 Å². The van der Waals surface area contributed by atoms with Gasteiger partial charge in [0.25, 0.3) is 0 Å². The number of halogens is 1. The Morgan fingerprint density at radius 2 is 2.20 bits per heavy atom. The molecule has 0 amide bonds. The van der Waals surface area contributed by atoms with Gasteiger partial charge in [0.15, 0.2) is 23.0 Å². The van der Waals surface area contributed by atoms with Gasteiger partial charge >= 0.3 is 11.4 Å². The molecule has 62 valence electrons. The molecule has 1 unspecified atom stereocenters. The normalized spacial score (nSPS) is 13.4. The number of nitrogens with one attached hydrogen (secondary N) is 1. The minimum Gasteiger partial charge on any atom is -0.283 e. The van der Waals surface area contributed by atoms with Crippen molar-refractivity contribution in [1.29, 1.82) is 0 Å². The van der Waals surface area contributed by atoms with Crippen molar-refractivity contribution in [2.75, 3.05) is 0 Å². The molecule has 0 aromatic rings. The van der Waals surface area contributed by atoms with E-state index >= 15 is 0 Å². The molecule has 0 radical (unpaired) electrons. The van der Waals surface area contributed by atoms with Crippen molar-refractivity contribution < 1.29 is 31.3 Å². The highest BCUT2D eigenvalue weighted by Gasteiger charge is 1.92. The number of rotatable bonds is 6. The molecule has 8 nitrogen and oxygen atoms in total. The first-order chi connectivity index (χ1) is 4.77. The summed E-state index contributed by atoms with van der Waals surface area (Å²) in [6, 6.07) is 0. The third-order valence-electron chi connectivity index (χ3n) is 0.227. The summed E-state index contributed by atoms with van der Waals surface area (Å²) in [7, 11) is 0. The van der Waals surface area contributed by atoms with Gasteiger partial charge in [-0.2, -0.15) is 4.21 Å². The average molecular weight is 287 g/mol. The lowest BCUT2D eigenvalue weighted by Gasteiger charge is -1.96. The Bertz CT molecular complexity index is 95.6. The van der Waals surface area contributed by atoms with Crippen molar-refractivity contribution in [3.05, 3.63) is 0 Å². The SMILES string of the molecule is O=S(O)ONOOOOI. The summed E-state index contributed by atoms with van der Waals surface area (Å²) in [5.74, 6) is 0. The lowest BCUT2D eigenvalue weighted by Crippen LogP contribution is -2.16. The monoisotopic (exact) mass is 287 g/mol. The van der Waals surface area contributed by atoms with Gasteiger partial charge in [-0.1, -0.05) is 4.99 Å². The fourth-order valence-electron chi connectivity index (χ4n) is 0.0813. The van der Waals surface area contributed by atoms with Crippen LogP contribution in [0.1, 0.15) is 0 Å². The van der Waals surface area contributed by atoms with Crippen molar-refractivity contribution in [3.63, 3.8) is 0 Å². The zero-order valence-corrected chi connectivity index (χ0v) is 7.16. The molecule has 0 saturated heterocycles. The van der Waals surface area contributed by atoms with Crippen LogP contribution in [0.5, 0.6) is 0 Å². The molecule has 1 atom stereocenters. The Morgan fingerprint density at radius 3 is 2.70 bits per heavy atom. The van der Waals surface area contributed by atoms with Crippen molar-refractivity contribution in [2.45, 2.75) is 0 Å². The molecule has 0 rings (SSSR count). The summed E-state index contributed by atoms with van der Waals surface area (Å²) >= 11 is -1.14. The van der Waals surface area contributed by atoms with Crippen LogP contribution in [-0.2, 0) is 33.9 Å². The number of hydrogen-bond acceptors (Lipinski definition) is 7. The van der Waals surface area contributed by atoms with E-state index in [1.54, 1.807) is 0 Å². The van der Waals surface area contributed by atoms with E-state index in [2.05, 4.69) is 22.6 Å². The fraction of sp³-hybridized carbons (Fsp3) is 0. The Balaban J connectivity index is 2.84. The first-order valence-corrected chi connectivity index (χ1v) is 3.49. The quantitative estimate of drug-likeness (QED) is 0.226. The molecule has 0 aliphatic heterocycles. The molecule has 0 aliphatic rings. The van der Waals surface area contributed by atoms with Crippen molar-refractivity contribution in [3.8, 4) is 0 Å². The number of hydrogen-bond donors (Lipinski definition) is 2. The Morgan fingerprint density at radius 1 is 1.50 bits per heavy atom. The molecule has 0 heterocycles. The minimum atomic E-state index is -2.49.